The van der Waals surface area contributed by atoms with E-state index in [-0.39, 0.29) is 0 Å². The molecule has 2 heterocycles. The number of fused-ring (bicyclic) bond motifs is 1. The SMILES string of the molecule is CCC1[NH2+]C2C(CCN2C)C(N)C1C. The van der Waals surface area contributed by atoms with E-state index in [1.165, 1.54) is 19.4 Å². The second-order valence-corrected chi connectivity index (χ2v) is 5.12. The summed E-state index contributed by atoms with van der Waals surface area (Å²) in [5.41, 5.74) is 6.34. The molecule has 2 aliphatic heterocycles. The molecule has 0 aromatic heterocycles. The Hall–Kier alpha value is -0.120. The minimum Gasteiger partial charge on any atom is -0.328 e. The number of nitrogens with two attached hydrogens (primary N) is 2. The zero-order chi connectivity index (χ0) is 10.3. The Bertz CT molecular complexity index is 207. The molecule has 0 aromatic rings. The molecule has 3 nitrogen and oxygen atoms in total. The normalized spacial score (nSPS) is 49.3. The van der Waals surface area contributed by atoms with E-state index in [0.717, 1.165) is 12.0 Å². The predicted molar refractivity (Wildman–Crippen MR) is 57.7 cm³/mol. The molecule has 0 spiro atoms. The van der Waals surface area contributed by atoms with Gasteiger partial charge in [0.25, 0.3) is 0 Å². The fourth-order valence-electron chi connectivity index (χ4n) is 3.32. The summed E-state index contributed by atoms with van der Waals surface area (Å²) in [7, 11) is 2.23. The fraction of sp³-hybridized carbons (Fsp3) is 1.00. The van der Waals surface area contributed by atoms with Crippen LogP contribution in [-0.2, 0) is 0 Å². The highest BCUT2D eigenvalue weighted by atomic mass is 15.3. The van der Waals surface area contributed by atoms with Gasteiger partial charge >= 0.3 is 0 Å². The van der Waals surface area contributed by atoms with Crippen LogP contribution in [0.1, 0.15) is 26.7 Å². The van der Waals surface area contributed by atoms with Gasteiger partial charge < -0.3 is 11.1 Å². The number of hydrogen-bond acceptors (Lipinski definition) is 2. The number of quaternary nitrogens is 1. The van der Waals surface area contributed by atoms with Crippen LogP contribution in [0.5, 0.6) is 0 Å². The van der Waals surface area contributed by atoms with E-state index in [9.17, 15) is 0 Å². The summed E-state index contributed by atoms with van der Waals surface area (Å²) in [5, 5.41) is 2.56. The van der Waals surface area contributed by atoms with Crippen molar-refractivity contribution < 1.29 is 5.32 Å². The molecule has 82 valence electrons. The van der Waals surface area contributed by atoms with E-state index in [0.29, 0.717) is 18.1 Å². The maximum Gasteiger partial charge on any atom is 0.146 e. The number of hydrogen-bond donors (Lipinski definition) is 2. The highest BCUT2D eigenvalue weighted by Crippen LogP contribution is 2.29. The van der Waals surface area contributed by atoms with Crippen molar-refractivity contribution >= 4 is 0 Å². The lowest BCUT2D eigenvalue weighted by molar-refractivity contribution is -0.757. The Morgan fingerprint density at radius 2 is 2.21 bits per heavy atom. The van der Waals surface area contributed by atoms with Gasteiger partial charge in [-0.25, -0.2) is 0 Å². The van der Waals surface area contributed by atoms with Crippen LogP contribution in [0.25, 0.3) is 0 Å². The quantitative estimate of drug-likeness (QED) is 0.601. The summed E-state index contributed by atoms with van der Waals surface area (Å²) < 4.78 is 0. The molecule has 0 saturated carbocycles. The molecule has 5 atom stereocenters. The molecule has 2 aliphatic rings. The highest BCUT2D eigenvalue weighted by Gasteiger charge is 2.47. The molecule has 3 heteroatoms. The van der Waals surface area contributed by atoms with Crippen molar-refractivity contribution in [2.75, 3.05) is 13.6 Å². The largest absolute Gasteiger partial charge is 0.328 e. The van der Waals surface area contributed by atoms with Crippen LogP contribution in [0.4, 0.5) is 0 Å². The van der Waals surface area contributed by atoms with Gasteiger partial charge in [-0.05, 0) is 19.9 Å². The van der Waals surface area contributed by atoms with Gasteiger partial charge in [-0.1, -0.05) is 13.8 Å². The molecule has 4 N–H and O–H groups in total. The smallest absolute Gasteiger partial charge is 0.146 e. The van der Waals surface area contributed by atoms with Crippen LogP contribution in [0.2, 0.25) is 0 Å². The van der Waals surface area contributed by atoms with Gasteiger partial charge in [-0.15, -0.1) is 0 Å². The second-order valence-electron chi connectivity index (χ2n) is 5.12. The van der Waals surface area contributed by atoms with Crippen molar-refractivity contribution in [3.8, 4) is 0 Å². The molecular formula is C11H24N3+. The van der Waals surface area contributed by atoms with Gasteiger partial charge in [-0.3, -0.25) is 4.90 Å². The van der Waals surface area contributed by atoms with Crippen molar-refractivity contribution in [2.24, 2.45) is 17.6 Å². The van der Waals surface area contributed by atoms with Crippen LogP contribution in [0, 0.1) is 11.8 Å². The van der Waals surface area contributed by atoms with Gasteiger partial charge in [0.2, 0.25) is 0 Å². The summed E-state index contributed by atoms with van der Waals surface area (Å²) in [6.07, 6.45) is 3.19. The van der Waals surface area contributed by atoms with Crippen LogP contribution >= 0.6 is 0 Å². The monoisotopic (exact) mass is 198 g/mol. The second kappa shape index (κ2) is 3.80. The summed E-state index contributed by atoms with van der Waals surface area (Å²) in [4.78, 5) is 2.47. The summed E-state index contributed by atoms with van der Waals surface area (Å²) in [6.45, 7) is 5.83. The molecule has 0 bridgehead atoms. The van der Waals surface area contributed by atoms with Gasteiger partial charge in [0, 0.05) is 24.4 Å². The molecule has 2 rings (SSSR count). The fourth-order valence-corrected chi connectivity index (χ4v) is 3.32. The minimum absolute atomic E-state index is 0.417. The lowest BCUT2D eigenvalue weighted by Gasteiger charge is -2.40. The predicted octanol–water partition coefficient (Wildman–Crippen LogP) is -0.417. The first-order chi connectivity index (χ1) is 6.65. The number of piperidine rings is 1. The van der Waals surface area contributed by atoms with Gasteiger partial charge in [0.05, 0.1) is 6.04 Å². The molecule has 0 amide bonds. The van der Waals surface area contributed by atoms with Crippen LogP contribution in [0.15, 0.2) is 0 Å². The molecule has 0 aromatic carbocycles. The molecule has 2 fully saturated rings. The third kappa shape index (κ3) is 1.47. The van der Waals surface area contributed by atoms with Crippen molar-refractivity contribution in [2.45, 2.75) is 44.9 Å². The topological polar surface area (TPSA) is 45.9 Å². The summed E-state index contributed by atoms with van der Waals surface area (Å²) in [6, 6.07) is 1.15. The summed E-state index contributed by atoms with van der Waals surface area (Å²) in [5.74, 6) is 1.39. The maximum atomic E-state index is 6.34. The Labute approximate surface area is 87.0 Å². The Balaban J connectivity index is 2.12. The molecule has 5 unspecified atom stereocenters. The van der Waals surface area contributed by atoms with E-state index in [1.807, 2.05) is 0 Å². The number of nitrogens with zero attached hydrogens (tertiary/aromatic N) is 1. The molecule has 0 radical (unpaired) electrons. The number of likely N-dealkylation sites (tertiary alicyclic amines) is 1. The highest BCUT2D eigenvalue weighted by molar-refractivity contribution is 4.92. The third-order valence-electron chi connectivity index (χ3n) is 4.46. The van der Waals surface area contributed by atoms with E-state index < -0.39 is 0 Å². The van der Waals surface area contributed by atoms with E-state index in [4.69, 9.17) is 5.73 Å². The Morgan fingerprint density at radius 3 is 2.86 bits per heavy atom. The van der Waals surface area contributed by atoms with Crippen LogP contribution < -0.4 is 11.1 Å². The van der Waals surface area contributed by atoms with E-state index >= 15 is 0 Å². The third-order valence-corrected chi connectivity index (χ3v) is 4.46. The molecule has 0 aliphatic carbocycles. The molecular weight excluding hydrogens is 174 g/mol. The zero-order valence-corrected chi connectivity index (χ0v) is 9.61. The van der Waals surface area contributed by atoms with Crippen molar-refractivity contribution in [1.29, 1.82) is 0 Å². The summed E-state index contributed by atoms with van der Waals surface area (Å²) >= 11 is 0. The Kier molecular flexibility index (Phi) is 2.82. The van der Waals surface area contributed by atoms with Crippen molar-refractivity contribution in [1.82, 2.24) is 4.90 Å². The first-order valence-corrected chi connectivity index (χ1v) is 5.96. The van der Waals surface area contributed by atoms with Crippen LogP contribution in [0.3, 0.4) is 0 Å². The molecule has 14 heavy (non-hydrogen) atoms. The Morgan fingerprint density at radius 1 is 1.50 bits per heavy atom. The van der Waals surface area contributed by atoms with Crippen molar-refractivity contribution in [3.05, 3.63) is 0 Å². The van der Waals surface area contributed by atoms with E-state index in [2.05, 4.69) is 31.1 Å². The zero-order valence-electron chi connectivity index (χ0n) is 9.61. The first kappa shape index (κ1) is 10.4. The standard InChI is InChI=1S/C11H23N3/c1-4-9-7(2)10(12)8-5-6-14(3)11(8)13-9/h7-11,13H,4-6,12H2,1-3H3/p+1. The van der Waals surface area contributed by atoms with Gasteiger partial charge in [-0.2, -0.15) is 0 Å². The average Bonchev–Trinajstić information content (AvgIpc) is 2.54. The minimum atomic E-state index is 0.417. The lowest BCUT2D eigenvalue weighted by atomic mass is 9.78. The lowest BCUT2D eigenvalue weighted by Crippen LogP contribution is -3.02. The van der Waals surface area contributed by atoms with Crippen molar-refractivity contribution in [3.63, 3.8) is 0 Å². The van der Waals surface area contributed by atoms with Gasteiger partial charge in [0.1, 0.15) is 6.17 Å². The van der Waals surface area contributed by atoms with Gasteiger partial charge in [0.15, 0.2) is 0 Å². The molecule has 2 saturated heterocycles. The van der Waals surface area contributed by atoms with E-state index in [1.54, 1.807) is 0 Å². The number of rotatable bonds is 1. The maximum absolute atomic E-state index is 6.34. The first-order valence-electron chi connectivity index (χ1n) is 5.96. The average molecular weight is 198 g/mol. The van der Waals surface area contributed by atoms with Crippen LogP contribution in [-0.4, -0.2) is 36.7 Å².